The van der Waals surface area contributed by atoms with Crippen LogP contribution < -0.4 is 0 Å². The van der Waals surface area contributed by atoms with Crippen LogP contribution in [0, 0.1) is 11.8 Å². The quantitative estimate of drug-likeness (QED) is 0.772. The average molecular weight is 335 g/mol. The monoisotopic (exact) mass is 334 g/mol. The summed E-state index contributed by atoms with van der Waals surface area (Å²) < 4.78 is 0. The fourth-order valence-electron chi connectivity index (χ4n) is 4.50. The molecule has 0 aromatic rings. The summed E-state index contributed by atoms with van der Waals surface area (Å²) in [5.41, 5.74) is 0. The smallest absolute Gasteiger partial charge is 0.0617 e. The SMILES string of the molecule is OC1CCCCC1C=NC1CCCC(N=CC2CCCCC2O)C1. The van der Waals surface area contributed by atoms with Gasteiger partial charge in [-0.25, -0.2) is 0 Å². The number of rotatable bonds is 4. The number of hydrogen-bond acceptors (Lipinski definition) is 4. The molecular formula is C20H34N2O2. The number of hydrogen-bond donors (Lipinski definition) is 2. The fraction of sp³-hybridized carbons (Fsp3) is 0.900. The van der Waals surface area contributed by atoms with Crippen molar-refractivity contribution < 1.29 is 10.2 Å². The molecule has 0 saturated heterocycles. The van der Waals surface area contributed by atoms with Crippen molar-refractivity contribution in [2.45, 2.75) is 101 Å². The van der Waals surface area contributed by atoms with Gasteiger partial charge in [-0.15, -0.1) is 0 Å². The van der Waals surface area contributed by atoms with Crippen molar-refractivity contribution in [1.29, 1.82) is 0 Å². The number of nitrogens with zero attached hydrogens (tertiary/aromatic N) is 2. The minimum absolute atomic E-state index is 0.187. The first-order valence-electron chi connectivity index (χ1n) is 10.1. The van der Waals surface area contributed by atoms with Crippen LogP contribution in [0.3, 0.4) is 0 Å². The number of aliphatic imine (C=N–C) groups is 2. The number of aliphatic hydroxyl groups is 2. The molecule has 3 rings (SSSR count). The Morgan fingerprint density at radius 2 is 1.04 bits per heavy atom. The fourth-order valence-corrected chi connectivity index (χ4v) is 4.50. The Morgan fingerprint density at radius 3 is 1.50 bits per heavy atom. The van der Waals surface area contributed by atoms with Crippen LogP contribution in [0.2, 0.25) is 0 Å². The number of aliphatic hydroxyl groups excluding tert-OH is 2. The summed E-state index contributed by atoms with van der Waals surface area (Å²) in [7, 11) is 0. The molecule has 2 N–H and O–H groups in total. The van der Waals surface area contributed by atoms with Gasteiger partial charge in [-0.3, -0.25) is 9.98 Å². The van der Waals surface area contributed by atoms with E-state index >= 15 is 0 Å². The second-order valence-corrected chi connectivity index (χ2v) is 8.10. The van der Waals surface area contributed by atoms with Crippen LogP contribution in [0.5, 0.6) is 0 Å². The zero-order valence-electron chi connectivity index (χ0n) is 14.9. The predicted octanol–water partition coefficient (Wildman–Crippen LogP) is 3.54. The Balaban J connectivity index is 1.48. The second kappa shape index (κ2) is 9.10. The molecule has 3 aliphatic rings. The highest BCUT2D eigenvalue weighted by Crippen LogP contribution is 2.27. The van der Waals surface area contributed by atoms with E-state index in [2.05, 4.69) is 0 Å². The summed E-state index contributed by atoms with van der Waals surface area (Å²) in [5, 5.41) is 20.1. The van der Waals surface area contributed by atoms with Crippen molar-refractivity contribution in [3.63, 3.8) is 0 Å². The van der Waals surface area contributed by atoms with Gasteiger partial charge in [-0.1, -0.05) is 25.7 Å². The molecule has 136 valence electrons. The van der Waals surface area contributed by atoms with E-state index in [1.165, 1.54) is 19.3 Å². The van der Waals surface area contributed by atoms with Gasteiger partial charge in [0.2, 0.25) is 0 Å². The lowest BCUT2D eigenvalue weighted by molar-refractivity contribution is 0.103. The van der Waals surface area contributed by atoms with Crippen molar-refractivity contribution >= 4 is 12.4 Å². The van der Waals surface area contributed by atoms with Crippen molar-refractivity contribution in [3.8, 4) is 0 Å². The Hall–Kier alpha value is -0.740. The Kier molecular flexibility index (Phi) is 6.85. The van der Waals surface area contributed by atoms with Crippen LogP contribution in [0.4, 0.5) is 0 Å². The van der Waals surface area contributed by atoms with Crippen LogP contribution in [-0.4, -0.2) is 46.9 Å². The van der Waals surface area contributed by atoms with E-state index in [0.717, 1.165) is 57.8 Å². The second-order valence-electron chi connectivity index (χ2n) is 8.10. The van der Waals surface area contributed by atoms with E-state index in [-0.39, 0.29) is 24.0 Å². The summed E-state index contributed by atoms with van der Waals surface area (Å²) in [4.78, 5) is 9.62. The van der Waals surface area contributed by atoms with Gasteiger partial charge in [0.15, 0.2) is 0 Å². The molecule has 24 heavy (non-hydrogen) atoms. The molecule has 4 nitrogen and oxygen atoms in total. The molecule has 4 heteroatoms. The maximum Gasteiger partial charge on any atom is 0.0617 e. The molecule has 6 atom stereocenters. The predicted molar refractivity (Wildman–Crippen MR) is 99.0 cm³/mol. The molecule has 3 fully saturated rings. The zero-order valence-corrected chi connectivity index (χ0v) is 14.9. The molecule has 0 aromatic carbocycles. The summed E-state index contributed by atoms with van der Waals surface area (Å²) >= 11 is 0. The molecule has 0 aliphatic heterocycles. The van der Waals surface area contributed by atoms with Crippen LogP contribution in [0.15, 0.2) is 9.98 Å². The first kappa shape index (κ1) is 18.1. The van der Waals surface area contributed by atoms with Gasteiger partial charge >= 0.3 is 0 Å². The third-order valence-corrected chi connectivity index (χ3v) is 6.16. The molecule has 3 aliphatic carbocycles. The minimum Gasteiger partial charge on any atom is -0.392 e. The van der Waals surface area contributed by atoms with E-state index in [0.29, 0.717) is 12.1 Å². The van der Waals surface area contributed by atoms with Crippen LogP contribution in [-0.2, 0) is 0 Å². The molecular weight excluding hydrogens is 300 g/mol. The lowest BCUT2D eigenvalue weighted by Crippen LogP contribution is -2.28. The molecule has 0 spiro atoms. The van der Waals surface area contributed by atoms with Gasteiger partial charge in [-0.05, 0) is 51.4 Å². The molecule has 0 aromatic heterocycles. The maximum absolute atomic E-state index is 10.1. The van der Waals surface area contributed by atoms with Gasteiger partial charge < -0.3 is 10.2 Å². The summed E-state index contributed by atoms with van der Waals surface area (Å²) in [6.07, 6.45) is 17.0. The third-order valence-electron chi connectivity index (χ3n) is 6.16. The van der Waals surface area contributed by atoms with Gasteiger partial charge in [0.05, 0.1) is 24.3 Å². The van der Waals surface area contributed by atoms with E-state index < -0.39 is 0 Å². The van der Waals surface area contributed by atoms with E-state index in [4.69, 9.17) is 9.98 Å². The first-order valence-corrected chi connectivity index (χ1v) is 10.1. The highest BCUT2D eigenvalue weighted by atomic mass is 16.3. The minimum atomic E-state index is -0.187. The molecule has 0 bridgehead atoms. The lowest BCUT2D eigenvalue weighted by Gasteiger charge is -2.28. The highest BCUT2D eigenvalue weighted by Gasteiger charge is 2.25. The Bertz CT molecular complexity index is 399. The topological polar surface area (TPSA) is 65.2 Å². The van der Waals surface area contributed by atoms with Crippen molar-refractivity contribution in [2.75, 3.05) is 0 Å². The molecule has 0 heterocycles. The molecule has 0 amide bonds. The molecule has 0 radical (unpaired) electrons. The van der Waals surface area contributed by atoms with Crippen molar-refractivity contribution in [2.24, 2.45) is 21.8 Å². The van der Waals surface area contributed by atoms with Gasteiger partial charge in [0, 0.05) is 24.3 Å². The van der Waals surface area contributed by atoms with Crippen LogP contribution in [0.1, 0.15) is 77.0 Å². The first-order chi connectivity index (χ1) is 11.7. The molecule has 3 saturated carbocycles. The van der Waals surface area contributed by atoms with E-state index in [1.807, 2.05) is 12.4 Å². The van der Waals surface area contributed by atoms with Crippen molar-refractivity contribution in [1.82, 2.24) is 0 Å². The normalized spacial score (nSPS) is 41.9. The highest BCUT2D eigenvalue weighted by molar-refractivity contribution is 5.62. The van der Waals surface area contributed by atoms with E-state index in [1.54, 1.807) is 0 Å². The van der Waals surface area contributed by atoms with Gasteiger partial charge in [0.25, 0.3) is 0 Å². The summed E-state index contributed by atoms with van der Waals surface area (Å²) in [5.74, 6) is 0.528. The van der Waals surface area contributed by atoms with E-state index in [9.17, 15) is 10.2 Å². The third kappa shape index (κ3) is 5.13. The molecule has 6 unspecified atom stereocenters. The van der Waals surface area contributed by atoms with Crippen LogP contribution in [0.25, 0.3) is 0 Å². The summed E-state index contributed by atoms with van der Waals surface area (Å²) in [6, 6.07) is 0.734. The summed E-state index contributed by atoms with van der Waals surface area (Å²) in [6.45, 7) is 0. The van der Waals surface area contributed by atoms with Crippen molar-refractivity contribution in [3.05, 3.63) is 0 Å². The Morgan fingerprint density at radius 1 is 0.583 bits per heavy atom. The van der Waals surface area contributed by atoms with Crippen LogP contribution >= 0.6 is 0 Å². The van der Waals surface area contributed by atoms with Gasteiger partial charge in [-0.2, -0.15) is 0 Å². The zero-order chi connectivity index (χ0) is 16.8. The largest absolute Gasteiger partial charge is 0.392 e. The average Bonchev–Trinajstić information content (AvgIpc) is 2.61. The maximum atomic E-state index is 10.1. The van der Waals surface area contributed by atoms with Gasteiger partial charge in [0.1, 0.15) is 0 Å². The lowest BCUT2D eigenvalue weighted by atomic mass is 9.86. The standard InChI is InChI=1S/C20H34N2O2/c23-19-10-3-1-6-15(19)13-21-17-8-5-9-18(12-17)22-14-16-7-2-4-11-20(16)24/h13-20,23-24H,1-12H2. The Labute approximate surface area is 146 Å².